The molecule has 0 aliphatic rings. The third-order valence-corrected chi connectivity index (χ3v) is 5.77. The van der Waals surface area contributed by atoms with Gasteiger partial charge in [-0.1, -0.05) is 30.3 Å². The van der Waals surface area contributed by atoms with Gasteiger partial charge in [-0.25, -0.2) is 4.98 Å². The summed E-state index contributed by atoms with van der Waals surface area (Å²) in [4.78, 5) is 19.5. The first-order valence-electron chi connectivity index (χ1n) is 9.51. The second-order valence-corrected chi connectivity index (χ2v) is 7.71. The van der Waals surface area contributed by atoms with Crippen molar-refractivity contribution in [2.75, 3.05) is 13.1 Å². The molecule has 5 heteroatoms. The minimum atomic E-state index is 0.101. The molecule has 0 saturated heterocycles. The van der Waals surface area contributed by atoms with Crippen molar-refractivity contribution >= 4 is 17.2 Å². The molecule has 0 unspecified atom stereocenters. The Hall–Kier alpha value is -2.40. The summed E-state index contributed by atoms with van der Waals surface area (Å²) in [6.45, 7) is 10.4. The van der Waals surface area contributed by atoms with Gasteiger partial charge in [0.2, 0.25) is 0 Å². The fourth-order valence-electron chi connectivity index (χ4n) is 3.41. The maximum atomic E-state index is 13.0. The fourth-order valence-corrected chi connectivity index (χ4v) is 4.02. The first-order chi connectivity index (χ1) is 13.0. The normalized spacial score (nSPS) is 11.0. The van der Waals surface area contributed by atoms with E-state index in [4.69, 9.17) is 0 Å². The minimum Gasteiger partial charge on any atom is -0.342 e. The summed E-state index contributed by atoms with van der Waals surface area (Å²) in [7, 11) is 0. The summed E-state index contributed by atoms with van der Waals surface area (Å²) in [6, 6.07) is 12.5. The van der Waals surface area contributed by atoms with Crippen LogP contribution in [0.15, 0.2) is 41.8 Å². The fraction of sp³-hybridized carbons (Fsp3) is 0.364. The molecule has 0 N–H and O–H groups in total. The lowest BCUT2D eigenvalue weighted by atomic mass is 10.1. The molecule has 4 nitrogen and oxygen atoms in total. The first kappa shape index (κ1) is 19.4. The lowest BCUT2D eigenvalue weighted by Crippen LogP contribution is -2.30. The summed E-state index contributed by atoms with van der Waals surface area (Å²) >= 11 is 1.64. The predicted octanol–water partition coefficient (Wildman–Crippen LogP) is 4.95. The van der Waals surface area contributed by atoms with E-state index in [-0.39, 0.29) is 5.91 Å². The summed E-state index contributed by atoms with van der Waals surface area (Å²) in [5.41, 5.74) is 5.08. The number of hydrogen-bond acceptors (Lipinski definition) is 3. The van der Waals surface area contributed by atoms with Gasteiger partial charge < -0.3 is 9.47 Å². The Labute approximate surface area is 165 Å². The van der Waals surface area contributed by atoms with Crippen LogP contribution in [0.1, 0.15) is 40.5 Å². The Bertz CT molecular complexity index is 907. The topological polar surface area (TPSA) is 38.1 Å². The maximum Gasteiger partial charge on any atom is 0.255 e. The number of benzene rings is 1. The van der Waals surface area contributed by atoms with Crippen LogP contribution in [0.4, 0.5) is 0 Å². The Morgan fingerprint density at radius 2 is 1.85 bits per heavy atom. The van der Waals surface area contributed by atoms with Gasteiger partial charge >= 0.3 is 0 Å². The van der Waals surface area contributed by atoms with Crippen LogP contribution in [-0.4, -0.2) is 33.4 Å². The lowest BCUT2D eigenvalue weighted by molar-refractivity contribution is 0.0772. The second-order valence-electron chi connectivity index (χ2n) is 6.65. The summed E-state index contributed by atoms with van der Waals surface area (Å²) in [6.07, 6.45) is 0.922. The van der Waals surface area contributed by atoms with E-state index in [1.807, 2.05) is 44.7 Å². The molecular formula is C22H27N3OS. The number of carbonyl (C=O) groups excluding carboxylic acids is 1. The van der Waals surface area contributed by atoms with E-state index in [9.17, 15) is 4.79 Å². The van der Waals surface area contributed by atoms with E-state index in [1.54, 1.807) is 11.3 Å². The van der Waals surface area contributed by atoms with Gasteiger partial charge in [-0.15, -0.1) is 11.3 Å². The van der Waals surface area contributed by atoms with Gasteiger partial charge in [0.15, 0.2) is 0 Å². The van der Waals surface area contributed by atoms with Gasteiger partial charge in [-0.2, -0.15) is 0 Å². The Morgan fingerprint density at radius 3 is 2.44 bits per heavy atom. The molecule has 0 atom stereocenters. The quantitative estimate of drug-likeness (QED) is 0.580. The molecule has 0 radical (unpaired) electrons. The average Bonchev–Trinajstić information content (AvgIpc) is 3.25. The van der Waals surface area contributed by atoms with Gasteiger partial charge in [0.1, 0.15) is 0 Å². The molecule has 0 saturated carbocycles. The number of rotatable bonds is 7. The van der Waals surface area contributed by atoms with E-state index in [0.29, 0.717) is 0 Å². The Kier molecular flexibility index (Phi) is 6.11. The second kappa shape index (κ2) is 8.53. The molecule has 0 aliphatic heterocycles. The van der Waals surface area contributed by atoms with Crippen molar-refractivity contribution in [1.29, 1.82) is 0 Å². The van der Waals surface area contributed by atoms with Crippen LogP contribution >= 0.6 is 11.3 Å². The van der Waals surface area contributed by atoms with Gasteiger partial charge in [0.05, 0.1) is 22.0 Å². The van der Waals surface area contributed by atoms with E-state index < -0.39 is 0 Å². The van der Waals surface area contributed by atoms with Crippen molar-refractivity contribution in [3.8, 4) is 11.4 Å². The molecular weight excluding hydrogens is 354 g/mol. The lowest BCUT2D eigenvalue weighted by Gasteiger charge is -2.18. The summed E-state index contributed by atoms with van der Waals surface area (Å²) < 4.78 is 2.25. The van der Waals surface area contributed by atoms with Crippen molar-refractivity contribution in [3.63, 3.8) is 0 Å². The number of amides is 1. The van der Waals surface area contributed by atoms with E-state index >= 15 is 0 Å². The number of carbonyl (C=O) groups is 1. The number of nitrogens with zero attached hydrogens (tertiary/aromatic N) is 3. The van der Waals surface area contributed by atoms with Crippen LogP contribution in [0.2, 0.25) is 0 Å². The van der Waals surface area contributed by atoms with Crippen molar-refractivity contribution in [3.05, 3.63) is 63.6 Å². The third kappa shape index (κ3) is 4.14. The smallest absolute Gasteiger partial charge is 0.255 e. The molecule has 3 aromatic rings. The predicted molar refractivity (Wildman–Crippen MR) is 112 cm³/mol. The molecule has 3 rings (SSSR count). The van der Waals surface area contributed by atoms with Crippen molar-refractivity contribution < 1.29 is 4.79 Å². The molecule has 2 heterocycles. The van der Waals surface area contributed by atoms with Gasteiger partial charge in [-0.05, 0) is 45.7 Å². The van der Waals surface area contributed by atoms with Gasteiger partial charge in [-0.3, -0.25) is 4.79 Å². The molecule has 2 aromatic heterocycles. The maximum absolute atomic E-state index is 13.0. The van der Waals surface area contributed by atoms with E-state index in [0.717, 1.165) is 53.7 Å². The van der Waals surface area contributed by atoms with Crippen LogP contribution in [0.25, 0.3) is 11.4 Å². The largest absolute Gasteiger partial charge is 0.342 e. The molecule has 0 bridgehead atoms. The number of aromatic nitrogens is 2. The zero-order chi connectivity index (χ0) is 19.4. The van der Waals surface area contributed by atoms with Crippen LogP contribution in [0.5, 0.6) is 0 Å². The Morgan fingerprint density at radius 1 is 1.15 bits per heavy atom. The summed E-state index contributed by atoms with van der Waals surface area (Å²) in [5.74, 6) is 0.101. The SMILES string of the molecule is CCN(CC)C(=O)c1cc(-c2csc(C)n2)n(CCc2ccccc2)c1C. The van der Waals surface area contributed by atoms with Gasteiger partial charge in [0.25, 0.3) is 5.91 Å². The number of aryl methyl sites for hydroxylation is 2. The highest BCUT2D eigenvalue weighted by atomic mass is 32.1. The van der Waals surface area contributed by atoms with Crippen molar-refractivity contribution in [1.82, 2.24) is 14.5 Å². The van der Waals surface area contributed by atoms with Crippen molar-refractivity contribution in [2.45, 2.75) is 40.7 Å². The molecule has 0 spiro atoms. The molecule has 27 heavy (non-hydrogen) atoms. The molecule has 1 aromatic carbocycles. The Balaban J connectivity index is 1.99. The van der Waals surface area contributed by atoms with Crippen LogP contribution in [0, 0.1) is 13.8 Å². The highest BCUT2D eigenvalue weighted by Gasteiger charge is 2.22. The average molecular weight is 382 g/mol. The minimum absolute atomic E-state index is 0.101. The van der Waals surface area contributed by atoms with Crippen LogP contribution in [0.3, 0.4) is 0 Å². The molecule has 1 amide bonds. The zero-order valence-corrected chi connectivity index (χ0v) is 17.3. The first-order valence-corrected chi connectivity index (χ1v) is 10.4. The van der Waals surface area contributed by atoms with Crippen LogP contribution in [-0.2, 0) is 13.0 Å². The zero-order valence-electron chi connectivity index (χ0n) is 16.5. The highest BCUT2D eigenvalue weighted by molar-refractivity contribution is 7.09. The summed E-state index contributed by atoms with van der Waals surface area (Å²) in [5, 5.41) is 3.12. The molecule has 0 aliphatic carbocycles. The molecule has 0 fully saturated rings. The number of thiazole rings is 1. The van der Waals surface area contributed by atoms with Crippen LogP contribution < -0.4 is 0 Å². The van der Waals surface area contributed by atoms with Gasteiger partial charge in [0, 0.05) is 30.7 Å². The van der Waals surface area contributed by atoms with E-state index in [2.05, 4.69) is 39.2 Å². The monoisotopic (exact) mass is 381 g/mol. The highest BCUT2D eigenvalue weighted by Crippen LogP contribution is 2.28. The molecule has 142 valence electrons. The van der Waals surface area contributed by atoms with E-state index in [1.165, 1.54) is 5.56 Å². The van der Waals surface area contributed by atoms with Crippen molar-refractivity contribution in [2.24, 2.45) is 0 Å². The third-order valence-electron chi connectivity index (χ3n) is 5.00. The number of hydrogen-bond donors (Lipinski definition) is 0. The standard InChI is InChI=1S/C22H27N3OS/c1-5-24(6-2)22(26)19-14-21(20-15-27-17(4)23-20)25(16(19)3)13-12-18-10-8-7-9-11-18/h7-11,14-15H,5-6,12-13H2,1-4H3.